The number of rotatable bonds is 9. The van der Waals surface area contributed by atoms with Gasteiger partial charge in [-0.3, -0.25) is 4.79 Å². The van der Waals surface area contributed by atoms with Crippen LogP contribution >= 0.6 is 0 Å². The van der Waals surface area contributed by atoms with E-state index in [2.05, 4.69) is 48.0 Å². The van der Waals surface area contributed by atoms with Crippen LogP contribution in [0.5, 0.6) is 5.75 Å². The van der Waals surface area contributed by atoms with E-state index >= 15 is 0 Å². The molecule has 152 valence electrons. The summed E-state index contributed by atoms with van der Waals surface area (Å²) in [6.45, 7) is 6.23. The number of carbonyl (C=O) groups is 1. The van der Waals surface area contributed by atoms with E-state index in [0.717, 1.165) is 54.8 Å². The number of benzene rings is 2. The normalized spacial score (nSPS) is 13.6. The van der Waals surface area contributed by atoms with E-state index in [1.165, 1.54) is 11.1 Å². The average Bonchev–Trinajstić information content (AvgIpc) is 3.48. The maximum atomic E-state index is 12.0. The van der Waals surface area contributed by atoms with Crippen LogP contribution in [0.15, 0.2) is 42.5 Å². The first-order chi connectivity index (χ1) is 14.1. The summed E-state index contributed by atoms with van der Waals surface area (Å²) in [5.41, 5.74) is 4.55. The van der Waals surface area contributed by atoms with E-state index in [1.807, 2.05) is 18.2 Å². The number of aromatic nitrogens is 2. The molecule has 1 aliphatic carbocycles. The van der Waals surface area contributed by atoms with E-state index < -0.39 is 0 Å². The average molecular weight is 392 g/mol. The molecule has 0 atom stereocenters. The molecule has 0 saturated heterocycles. The number of nitrogens with one attached hydrogen (secondary N) is 1. The first kappa shape index (κ1) is 19.5. The Morgan fingerprint density at radius 3 is 2.66 bits per heavy atom. The van der Waals surface area contributed by atoms with Crippen molar-refractivity contribution in [2.75, 3.05) is 6.61 Å². The Hall–Kier alpha value is -2.82. The fraction of sp³-hybridized carbons (Fsp3) is 0.417. The minimum absolute atomic E-state index is 0.158. The van der Waals surface area contributed by atoms with Crippen molar-refractivity contribution in [3.05, 3.63) is 59.4 Å². The van der Waals surface area contributed by atoms with Crippen molar-refractivity contribution in [3.8, 4) is 5.75 Å². The first-order valence-corrected chi connectivity index (χ1v) is 10.5. The second-order valence-electron chi connectivity index (χ2n) is 8.04. The van der Waals surface area contributed by atoms with Gasteiger partial charge in [-0.1, -0.05) is 18.2 Å². The minimum Gasteiger partial charge on any atom is -0.494 e. The van der Waals surface area contributed by atoms with E-state index in [4.69, 9.17) is 9.72 Å². The van der Waals surface area contributed by atoms with Crippen LogP contribution in [0, 0.1) is 19.8 Å². The smallest absolute Gasteiger partial charge is 0.223 e. The van der Waals surface area contributed by atoms with Crippen LogP contribution < -0.4 is 10.1 Å². The van der Waals surface area contributed by atoms with Crippen LogP contribution in [0.25, 0.3) is 11.0 Å². The van der Waals surface area contributed by atoms with Crippen molar-refractivity contribution in [2.24, 2.45) is 5.92 Å². The molecule has 1 heterocycles. The molecule has 1 amide bonds. The molecule has 1 aliphatic rings. The number of fused-ring (bicyclic) bond motifs is 1. The Morgan fingerprint density at radius 2 is 1.90 bits per heavy atom. The van der Waals surface area contributed by atoms with Crippen molar-refractivity contribution in [2.45, 2.75) is 52.6 Å². The van der Waals surface area contributed by atoms with Crippen LogP contribution in [-0.4, -0.2) is 22.1 Å². The molecular formula is C24H29N3O2. The molecule has 1 aromatic heterocycles. The van der Waals surface area contributed by atoms with Gasteiger partial charge in [-0.15, -0.1) is 0 Å². The van der Waals surface area contributed by atoms with E-state index in [1.54, 1.807) is 0 Å². The maximum absolute atomic E-state index is 12.0. The third kappa shape index (κ3) is 4.97. The number of nitrogens with zero attached hydrogens (tertiary/aromatic N) is 2. The fourth-order valence-electron chi connectivity index (χ4n) is 3.74. The van der Waals surface area contributed by atoms with Crippen LogP contribution in [0.3, 0.4) is 0 Å². The zero-order valence-corrected chi connectivity index (χ0v) is 17.3. The third-order valence-electron chi connectivity index (χ3n) is 5.34. The lowest BCUT2D eigenvalue weighted by Gasteiger charge is -2.11. The van der Waals surface area contributed by atoms with E-state index in [0.29, 0.717) is 13.2 Å². The quantitative estimate of drug-likeness (QED) is 0.545. The van der Waals surface area contributed by atoms with Crippen LogP contribution in [0.4, 0.5) is 0 Å². The molecule has 0 bridgehead atoms. The molecule has 1 saturated carbocycles. The van der Waals surface area contributed by atoms with E-state index in [-0.39, 0.29) is 11.8 Å². The molecule has 29 heavy (non-hydrogen) atoms. The second-order valence-corrected chi connectivity index (χ2v) is 8.04. The standard InChI is InChI=1S/C24H29N3O2/c1-17-13-18(2)15-20(14-17)29-12-6-5-11-27-22-8-4-3-7-21(22)26-23(27)16-25-24(28)19-9-10-19/h3-4,7-8,13-15,19H,5-6,9-12,16H2,1-2H3,(H,25,28). The molecule has 1 N–H and O–H groups in total. The molecule has 0 radical (unpaired) electrons. The van der Waals surface area contributed by atoms with Crippen molar-refractivity contribution < 1.29 is 9.53 Å². The predicted molar refractivity (Wildman–Crippen MR) is 115 cm³/mol. The number of para-hydroxylation sites is 2. The predicted octanol–water partition coefficient (Wildman–Crippen LogP) is 4.54. The van der Waals surface area contributed by atoms with Gasteiger partial charge in [0.2, 0.25) is 5.91 Å². The number of amides is 1. The van der Waals surface area contributed by atoms with Gasteiger partial charge in [-0.2, -0.15) is 0 Å². The summed E-state index contributed by atoms with van der Waals surface area (Å²) in [4.78, 5) is 16.8. The third-order valence-corrected chi connectivity index (χ3v) is 5.34. The summed E-state index contributed by atoms with van der Waals surface area (Å²) < 4.78 is 8.17. The summed E-state index contributed by atoms with van der Waals surface area (Å²) in [6.07, 6.45) is 3.99. The molecule has 3 aromatic rings. The summed E-state index contributed by atoms with van der Waals surface area (Å²) in [6, 6.07) is 14.5. The van der Waals surface area contributed by atoms with Gasteiger partial charge < -0.3 is 14.6 Å². The lowest BCUT2D eigenvalue weighted by atomic mass is 10.1. The van der Waals surface area contributed by atoms with Gasteiger partial charge in [0, 0.05) is 12.5 Å². The SMILES string of the molecule is Cc1cc(C)cc(OCCCCn2c(CNC(=O)C3CC3)nc3ccccc32)c1. The van der Waals surface area contributed by atoms with Crippen molar-refractivity contribution in [3.63, 3.8) is 0 Å². The monoisotopic (exact) mass is 391 g/mol. The number of hydrogen-bond donors (Lipinski definition) is 1. The number of imidazole rings is 1. The first-order valence-electron chi connectivity index (χ1n) is 10.5. The van der Waals surface area contributed by atoms with Gasteiger partial charge in [0.25, 0.3) is 0 Å². The number of ether oxygens (including phenoxy) is 1. The molecular weight excluding hydrogens is 362 g/mol. The molecule has 2 aromatic carbocycles. The highest BCUT2D eigenvalue weighted by molar-refractivity contribution is 5.81. The van der Waals surface area contributed by atoms with Crippen molar-refractivity contribution in [1.29, 1.82) is 0 Å². The van der Waals surface area contributed by atoms with Gasteiger partial charge >= 0.3 is 0 Å². The van der Waals surface area contributed by atoms with Crippen molar-refractivity contribution in [1.82, 2.24) is 14.9 Å². The number of hydrogen-bond acceptors (Lipinski definition) is 3. The highest BCUT2D eigenvalue weighted by Crippen LogP contribution is 2.29. The lowest BCUT2D eigenvalue weighted by molar-refractivity contribution is -0.122. The lowest BCUT2D eigenvalue weighted by Crippen LogP contribution is -2.26. The Bertz CT molecular complexity index is 984. The highest BCUT2D eigenvalue weighted by atomic mass is 16.5. The Morgan fingerprint density at radius 1 is 1.14 bits per heavy atom. The highest BCUT2D eigenvalue weighted by Gasteiger charge is 2.29. The van der Waals surface area contributed by atoms with Crippen molar-refractivity contribution >= 4 is 16.9 Å². The Balaban J connectivity index is 1.34. The fourth-order valence-corrected chi connectivity index (χ4v) is 3.74. The van der Waals surface area contributed by atoms with Gasteiger partial charge in [0.15, 0.2) is 0 Å². The van der Waals surface area contributed by atoms with Crippen LogP contribution in [0.2, 0.25) is 0 Å². The van der Waals surface area contributed by atoms with Gasteiger partial charge in [0.1, 0.15) is 11.6 Å². The number of unbranched alkanes of at least 4 members (excludes halogenated alkanes) is 1. The number of aryl methyl sites for hydroxylation is 3. The second kappa shape index (κ2) is 8.68. The van der Waals surface area contributed by atoms with Crippen LogP contribution in [0.1, 0.15) is 42.6 Å². The zero-order chi connectivity index (χ0) is 20.2. The Labute approximate surface area is 172 Å². The topological polar surface area (TPSA) is 56.1 Å². The molecule has 0 unspecified atom stereocenters. The summed E-state index contributed by atoms with van der Waals surface area (Å²) in [5, 5.41) is 3.05. The van der Waals surface area contributed by atoms with Gasteiger partial charge in [-0.25, -0.2) is 4.98 Å². The Kier molecular flexibility index (Phi) is 5.84. The minimum atomic E-state index is 0.158. The summed E-state index contributed by atoms with van der Waals surface area (Å²) in [7, 11) is 0. The van der Waals surface area contributed by atoms with Gasteiger partial charge in [-0.05, 0) is 74.9 Å². The maximum Gasteiger partial charge on any atom is 0.223 e. The molecule has 0 spiro atoms. The molecule has 5 nitrogen and oxygen atoms in total. The van der Waals surface area contributed by atoms with Crippen LogP contribution in [-0.2, 0) is 17.9 Å². The number of carbonyl (C=O) groups excluding carboxylic acids is 1. The summed E-state index contributed by atoms with van der Waals surface area (Å²) >= 11 is 0. The largest absolute Gasteiger partial charge is 0.494 e. The molecule has 5 heteroatoms. The zero-order valence-electron chi connectivity index (χ0n) is 17.3. The summed E-state index contributed by atoms with van der Waals surface area (Å²) in [5.74, 6) is 2.25. The molecule has 1 fully saturated rings. The van der Waals surface area contributed by atoms with E-state index in [9.17, 15) is 4.79 Å². The molecule has 4 rings (SSSR count). The molecule has 0 aliphatic heterocycles. The van der Waals surface area contributed by atoms with Gasteiger partial charge in [0.05, 0.1) is 24.2 Å².